The van der Waals surface area contributed by atoms with Crippen molar-refractivity contribution < 1.29 is 9.59 Å². The lowest BCUT2D eigenvalue weighted by Gasteiger charge is -2.40. The Hall–Kier alpha value is -1.84. The molecule has 2 amide bonds. The van der Waals surface area contributed by atoms with E-state index in [9.17, 15) is 9.59 Å². The molecule has 4 aliphatic rings. The van der Waals surface area contributed by atoms with Gasteiger partial charge in [-0.15, -0.1) is 0 Å². The maximum atomic E-state index is 12.6. The van der Waals surface area contributed by atoms with Crippen molar-refractivity contribution in [1.29, 1.82) is 0 Å². The highest BCUT2D eigenvalue weighted by Crippen LogP contribution is 2.52. The third-order valence-electron chi connectivity index (χ3n) is 7.74. The van der Waals surface area contributed by atoms with Gasteiger partial charge < -0.3 is 10.2 Å². The Morgan fingerprint density at radius 3 is 2.46 bits per heavy atom. The second-order valence-electron chi connectivity index (χ2n) is 9.70. The van der Waals surface area contributed by atoms with Crippen molar-refractivity contribution in [1.82, 2.24) is 10.2 Å². The average molecular weight is 381 g/mol. The van der Waals surface area contributed by atoms with E-state index in [1.54, 1.807) is 0 Å². The quantitative estimate of drug-likeness (QED) is 0.842. The van der Waals surface area contributed by atoms with Crippen LogP contribution in [0.4, 0.5) is 0 Å². The number of amides is 2. The van der Waals surface area contributed by atoms with Crippen LogP contribution in [0, 0.1) is 5.92 Å². The van der Waals surface area contributed by atoms with Crippen molar-refractivity contribution in [2.75, 3.05) is 13.1 Å². The minimum Gasteiger partial charge on any atom is -0.353 e. The largest absolute Gasteiger partial charge is 0.353 e. The average Bonchev–Trinajstić information content (AvgIpc) is 3.44. The zero-order valence-electron chi connectivity index (χ0n) is 16.8. The molecule has 1 atom stereocenters. The highest BCUT2D eigenvalue weighted by molar-refractivity contribution is 5.78. The monoisotopic (exact) mass is 380 g/mol. The van der Waals surface area contributed by atoms with Crippen molar-refractivity contribution in [3.05, 3.63) is 35.4 Å². The molecule has 1 N–H and O–H groups in total. The first-order chi connectivity index (χ1) is 13.6. The smallest absolute Gasteiger partial charge is 0.222 e. The molecule has 0 aromatic heterocycles. The van der Waals surface area contributed by atoms with Crippen LogP contribution in [0.25, 0.3) is 0 Å². The fraction of sp³-hybridized carbons (Fsp3) is 0.667. The third kappa shape index (κ3) is 3.46. The number of carbonyl (C=O) groups is 2. The van der Waals surface area contributed by atoms with E-state index in [0.29, 0.717) is 30.2 Å². The molecule has 0 bridgehead atoms. The molecule has 28 heavy (non-hydrogen) atoms. The van der Waals surface area contributed by atoms with Gasteiger partial charge >= 0.3 is 0 Å². The molecule has 1 aromatic rings. The van der Waals surface area contributed by atoms with Crippen LogP contribution in [-0.4, -0.2) is 35.8 Å². The van der Waals surface area contributed by atoms with Crippen LogP contribution in [-0.2, 0) is 15.0 Å². The van der Waals surface area contributed by atoms with Crippen LogP contribution < -0.4 is 5.32 Å². The number of carbonyl (C=O) groups excluding carboxylic acids is 2. The molecule has 3 fully saturated rings. The number of likely N-dealkylation sites (tertiary alicyclic amines) is 1. The van der Waals surface area contributed by atoms with Gasteiger partial charge in [0.15, 0.2) is 0 Å². The van der Waals surface area contributed by atoms with E-state index in [1.165, 1.54) is 30.4 Å². The molecule has 5 rings (SSSR count). The summed E-state index contributed by atoms with van der Waals surface area (Å²) in [7, 11) is 0. The molecule has 150 valence electrons. The van der Waals surface area contributed by atoms with E-state index in [2.05, 4.69) is 34.5 Å². The molecule has 3 aliphatic carbocycles. The molecule has 0 radical (unpaired) electrons. The van der Waals surface area contributed by atoms with Gasteiger partial charge in [0.05, 0.1) is 0 Å². The van der Waals surface area contributed by atoms with Gasteiger partial charge in [0.2, 0.25) is 11.8 Å². The van der Waals surface area contributed by atoms with E-state index in [0.717, 1.165) is 51.6 Å². The van der Waals surface area contributed by atoms with Crippen molar-refractivity contribution in [3.63, 3.8) is 0 Å². The third-order valence-corrected chi connectivity index (χ3v) is 7.74. The number of benzene rings is 1. The second-order valence-corrected chi connectivity index (χ2v) is 9.70. The van der Waals surface area contributed by atoms with Gasteiger partial charge in [0.1, 0.15) is 0 Å². The van der Waals surface area contributed by atoms with Gasteiger partial charge in [-0.05, 0) is 79.7 Å². The van der Waals surface area contributed by atoms with Gasteiger partial charge in [-0.2, -0.15) is 0 Å². The molecular weight excluding hydrogens is 348 g/mol. The lowest BCUT2D eigenvalue weighted by atomic mass is 9.73. The zero-order valence-corrected chi connectivity index (χ0v) is 16.8. The molecule has 4 nitrogen and oxygen atoms in total. The topological polar surface area (TPSA) is 49.4 Å². The molecule has 1 saturated heterocycles. The Bertz CT molecular complexity index is 758. The summed E-state index contributed by atoms with van der Waals surface area (Å²) in [5.74, 6) is 1.57. The highest BCUT2D eigenvalue weighted by Gasteiger charge is 2.46. The lowest BCUT2D eigenvalue weighted by molar-refractivity contribution is -0.133. The van der Waals surface area contributed by atoms with Gasteiger partial charge in [0.25, 0.3) is 0 Å². The number of fused-ring (bicyclic) bond motifs is 2. The molecule has 1 spiro atoms. The van der Waals surface area contributed by atoms with Crippen molar-refractivity contribution in [2.24, 2.45) is 5.92 Å². The predicted octanol–water partition coefficient (Wildman–Crippen LogP) is 3.89. The van der Waals surface area contributed by atoms with Crippen LogP contribution in [0.1, 0.15) is 81.3 Å². The minimum absolute atomic E-state index is 0.161. The summed E-state index contributed by atoms with van der Waals surface area (Å²) in [6.45, 7) is 1.75. The summed E-state index contributed by atoms with van der Waals surface area (Å²) >= 11 is 0. The minimum atomic E-state index is 0.161. The highest BCUT2D eigenvalue weighted by atomic mass is 16.2. The fourth-order valence-electron chi connectivity index (χ4n) is 5.63. The van der Waals surface area contributed by atoms with E-state index < -0.39 is 0 Å². The summed E-state index contributed by atoms with van der Waals surface area (Å²) < 4.78 is 0. The van der Waals surface area contributed by atoms with Gasteiger partial charge in [-0.1, -0.05) is 24.3 Å². The van der Waals surface area contributed by atoms with Crippen LogP contribution in [0.5, 0.6) is 0 Å². The summed E-state index contributed by atoms with van der Waals surface area (Å²) in [6.07, 6.45) is 10.5. The second kappa shape index (κ2) is 7.20. The Kier molecular flexibility index (Phi) is 4.68. The van der Waals surface area contributed by atoms with Crippen LogP contribution >= 0.6 is 0 Å². The van der Waals surface area contributed by atoms with Crippen LogP contribution in [0.3, 0.4) is 0 Å². The summed E-state index contributed by atoms with van der Waals surface area (Å²) in [5.41, 5.74) is 2.99. The number of rotatable bonds is 5. The fourth-order valence-corrected chi connectivity index (χ4v) is 5.63. The normalized spacial score (nSPS) is 26.0. The Morgan fingerprint density at radius 2 is 1.79 bits per heavy atom. The number of piperidine rings is 1. The van der Waals surface area contributed by atoms with Gasteiger partial charge in [-0.3, -0.25) is 9.59 Å². The van der Waals surface area contributed by atoms with E-state index in [-0.39, 0.29) is 11.3 Å². The van der Waals surface area contributed by atoms with Crippen LogP contribution in [0.15, 0.2) is 24.3 Å². The summed E-state index contributed by atoms with van der Waals surface area (Å²) in [6, 6.07) is 9.18. The lowest BCUT2D eigenvalue weighted by Crippen LogP contribution is -2.44. The van der Waals surface area contributed by atoms with Gasteiger partial charge in [-0.25, -0.2) is 0 Å². The molecule has 2 saturated carbocycles. The standard InChI is InChI=1S/C24H32N2O2/c27-22(25-19-4-3-5-19)15-18-16-24(21-7-2-1-6-20(18)21)10-12-26(13-11-24)23(28)14-17-8-9-17/h1-2,6-7,17-19H,3-5,8-16H2,(H,25,27). The van der Waals surface area contributed by atoms with Crippen molar-refractivity contribution >= 4 is 11.8 Å². The predicted molar refractivity (Wildman–Crippen MR) is 109 cm³/mol. The van der Waals surface area contributed by atoms with E-state index in [4.69, 9.17) is 0 Å². The Balaban J connectivity index is 1.26. The number of hydrogen-bond donors (Lipinski definition) is 1. The summed E-state index contributed by atoms with van der Waals surface area (Å²) in [5, 5.41) is 3.22. The molecule has 1 aliphatic heterocycles. The van der Waals surface area contributed by atoms with Crippen molar-refractivity contribution in [2.45, 2.75) is 81.6 Å². The maximum absolute atomic E-state index is 12.6. The van der Waals surface area contributed by atoms with Crippen LogP contribution in [0.2, 0.25) is 0 Å². The Morgan fingerprint density at radius 1 is 1.04 bits per heavy atom. The number of hydrogen-bond acceptors (Lipinski definition) is 2. The molecule has 1 aromatic carbocycles. The van der Waals surface area contributed by atoms with Crippen molar-refractivity contribution in [3.8, 4) is 0 Å². The SMILES string of the molecule is O=C(CC1CC2(CCN(C(=O)CC3CC3)CC2)c2ccccc21)NC1CCC1. The first kappa shape index (κ1) is 18.2. The molecule has 1 heterocycles. The first-order valence-electron chi connectivity index (χ1n) is 11.3. The molecule has 4 heteroatoms. The number of nitrogens with one attached hydrogen (secondary N) is 1. The zero-order chi connectivity index (χ0) is 19.1. The Labute approximate surface area is 168 Å². The summed E-state index contributed by atoms with van der Waals surface area (Å²) in [4.78, 5) is 27.2. The van der Waals surface area contributed by atoms with E-state index >= 15 is 0 Å². The number of nitrogens with zero attached hydrogens (tertiary/aromatic N) is 1. The molecule has 1 unspecified atom stereocenters. The van der Waals surface area contributed by atoms with Gasteiger partial charge in [0, 0.05) is 32.0 Å². The van der Waals surface area contributed by atoms with E-state index in [1.807, 2.05) is 0 Å². The first-order valence-corrected chi connectivity index (χ1v) is 11.3. The molecular formula is C24H32N2O2. The maximum Gasteiger partial charge on any atom is 0.222 e.